The Kier molecular flexibility index (Phi) is 3.13. The molecule has 0 unspecified atom stereocenters. The molecular formula is C13H15NO3. The molecule has 0 bridgehead atoms. The minimum Gasteiger partial charge on any atom is -0.408 e. The lowest BCUT2D eigenvalue weighted by Gasteiger charge is -2.06. The van der Waals surface area contributed by atoms with Gasteiger partial charge in [0.25, 0.3) is 0 Å². The highest BCUT2D eigenvalue weighted by Gasteiger charge is 2.12. The molecular weight excluding hydrogens is 218 g/mol. The van der Waals surface area contributed by atoms with Crippen molar-refractivity contribution in [2.24, 2.45) is 0 Å². The van der Waals surface area contributed by atoms with Crippen molar-refractivity contribution in [2.45, 2.75) is 32.7 Å². The SMILES string of the molecule is CC(C)n1c(=O)oc2ccc(CCC=O)cc21. The van der Waals surface area contributed by atoms with Gasteiger partial charge in [0.05, 0.1) is 5.52 Å². The average molecular weight is 233 g/mol. The van der Waals surface area contributed by atoms with Gasteiger partial charge in [-0.3, -0.25) is 4.57 Å². The van der Waals surface area contributed by atoms with E-state index in [0.29, 0.717) is 18.4 Å². The van der Waals surface area contributed by atoms with Gasteiger partial charge in [-0.15, -0.1) is 0 Å². The molecule has 0 spiro atoms. The van der Waals surface area contributed by atoms with Crippen LogP contribution in [0, 0.1) is 0 Å². The molecule has 0 saturated carbocycles. The Morgan fingerprint density at radius 1 is 1.41 bits per heavy atom. The highest BCUT2D eigenvalue weighted by Crippen LogP contribution is 2.19. The first-order valence-corrected chi connectivity index (χ1v) is 5.71. The molecule has 0 amide bonds. The number of aromatic nitrogens is 1. The normalized spacial score (nSPS) is 11.2. The van der Waals surface area contributed by atoms with Gasteiger partial charge in [-0.2, -0.15) is 0 Å². The second kappa shape index (κ2) is 4.57. The molecule has 1 aromatic heterocycles. The van der Waals surface area contributed by atoms with E-state index in [4.69, 9.17) is 4.42 Å². The number of carbonyl (C=O) groups excluding carboxylic acids is 1. The second-order valence-corrected chi connectivity index (χ2v) is 4.34. The van der Waals surface area contributed by atoms with E-state index in [-0.39, 0.29) is 11.8 Å². The molecule has 0 saturated heterocycles. The standard InChI is InChI=1S/C13H15NO3/c1-9(2)14-11-8-10(4-3-7-15)5-6-12(11)17-13(14)16/h5-9H,3-4H2,1-2H3. The quantitative estimate of drug-likeness (QED) is 0.761. The van der Waals surface area contributed by atoms with Crippen molar-refractivity contribution in [3.8, 4) is 0 Å². The van der Waals surface area contributed by atoms with Crippen molar-refractivity contribution in [3.05, 3.63) is 34.3 Å². The third-order valence-corrected chi connectivity index (χ3v) is 2.74. The molecule has 1 heterocycles. The summed E-state index contributed by atoms with van der Waals surface area (Å²) in [5.41, 5.74) is 2.44. The number of nitrogens with zero attached hydrogens (tertiary/aromatic N) is 1. The van der Waals surface area contributed by atoms with Crippen LogP contribution in [0.5, 0.6) is 0 Å². The third kappa shape index (κ3) is 2.16. The van der Waals surface area contributed by atoms with Gasteiger partial charge in [0.15, 0.2) is 5.58 Å². The lowest BCUT2D eigenvalue weighted by Crippen LogP contribution is -2.15. The topological polar surface area (TPSA) is 52.2 Å². The van der Waals surface area contributed by atoms with E-state index in [0.717, 1.165) is 17.4 Å². The van der Waals surface area contributed by atoms with Gasteiger partial charge in [0, 0.05) is 12.5 Å². The predicted octanol–water partition coefficient (Wildman–Crippen LogP) is 2.31. The maximum atomic E-state index is 11.6. The van der Waals surface area contributed by atoms with Gasteiger partial charge < -0.3 is 9.21 Å². The Balaban J connectivity index is 2.54. The molecule has 90 valence electrons. The van der Waals surface area contributed by atoms with Crippen molar-refractivity contribution in [3.63, 3.8) is 0 Å². The minimum atomic E-state index is -0.331. The van der Waals surface area contributed by atoms with Crippen molar-refractivity contribution >= 4 is 17.4 Å². The summed E-state index contributed by atoms with van der Waals surface area (Å²) in [6, 6.07) is 5.66. The Morgan fingerprint density at radius 2 is 2.18 bits per heavy atom. The number of fused-ring (bicyclic) bond motifs is 1. The summed E-state index contributed by atoms with van der Waals surface area (Å²) in [6.45, 7) is 3.88. The molecule has 0 radical (unpaired) electrons. The number of aldehydes is 1. The van der Waals surface area contributed by atoms with Crippen LogP contribution in [-0.4, -0.2) is 10.9 Å². The van der Waals surface area contributed by atoms with E-state index in [2.05, 4.69) is 0 Å². The summed E-state index contributed by atoms with van der Waals surface area (Å²) < 4.78 is 6.78. The number of oxazole rings is 1. The molecule has 0 aliphatic heterocycles. The largest absolute Gasteiger partial charge is 0.420 e. The van der Waals surface area contributed by atoms with Crippen LogP contribution in [0.4, 0.5) is 0 Å². The minimum absolute atomic E-state index is 0.0603. The van der Waals surface area contributed by atoms with Crippen molar-refractivity contribution in [2.75, 3.05) is 0 Å². The zero-order valence-corrected chi connectivity index (χ0v) is 9.97. The average Bonchev–Trinajstić information content (AvgIpc) is 2.61. The number of aryl methyl sites for hydroxylation is 1. The number of benzene rings is 1. The molecule has 0 N–H and O–H groups in total. The van der Waals surface area contributed by atoms with Crippen molar-refractivity contribution in [1.29, 1.82) is 0 Å². The second-order valence-electron chi connectivity index (χ2n) is 4.34. The number of hydrogen-bond acceptors (Lipinski definition) is 3. The van der Waals surface area contributed by atoms with Crippen molar-refractivity contribution in [1.82, 2.24) is 4.57 Å². The van der Waals surface area contributed by atoms with Gasteiger partial charge in [-0.05, 0) is 38.0 Å². The first-order valence-electron chi connectivity index (χ1n) is 5.71. The Bertz CT molecular complexity index is 592. The van der Waals surface area contributed by atoms with E-state index in [1.165, 1.54) is 0 Å². The van der Waals surface area contributed by atoms with Crippen LogP contribution < -0.4 is 5.76 Å². The fraction of sp³-hybridized carbons (Fsp3) is 0.385. The molecule has 0 aliphatic rings. The lowest BCUT2D eigenvalue weighted by atomic mass is 10.1. The number of carbonyl (C=O) groups is 1. The fourth-order valence-electron chi connectivity index (χ4n) is 1.95. The van der Waals surface area contributed by atoms with Gasteiger partial charge in [0.2, 0.25) is 0 Å². The summed E-state index contributed by atoms with van der Waals surface area (Å²) >= 11 is 0. The number of rotatable bonds is 4. The predicted molar refractivity (Wildman–Crippen MR) is 65.2 cm³/mol. The molecule has 0 aliphatic carbocycles. The molecule has 4 heteroatoms. The lowest BCUT2D eigenvalue weighted by molar-refractivity contribution is -0.107. The number of hydrogen-bond donors (Lipinski definition) is 0. The maximum absolute atomic E-state index is 11.6. The van der Waals surface area contributed by atoms with Gasteiger partial charge in [-0.25, -0.2) is 4.79 Å². The summed E-state index contributed by atoms with van der Waals surface area (Å²) in [4.78, 5) is 22.0. The monoisotopic (exact) mass is 233 g/mol. The van der Waals surface area contributed by atoms with Gasteiger partial charge in [0.1, 0.15) is 6.29 Å². The molecule has 0 fully saturated rings. The molecule has 17 heavy (non-hydrogen) atoms. The van der Waals surface area contributed by atoms with Crippen LogP contribution in [0.3, 0.4) is 0 Å². The zero-order valence-electron chi connectivity index (χ0n) is 9.97. The Morgan fingerprint density at radius 3 is 2.82 bits per heavy atom. The Hall–Kier alpha value is -1.84. The molecule has 2 aromatic rings. The molecule has 4 nitrogen and oxygen atoms in total. The van der Waals surface area contributed by atoms with E-state index >= 15 is 0 Å². The fourth-order valence-corrected chi connectivity index (χ4v) is 1.95. The van der Waals surface area contributed by atoms with Gasteiger partial charge in [-0.1, -0.05) is 6.07 Å². The molecule has 0 atom stereocenters. The Labute approximate surface area is 98.8 Å². The van der Waals surface area contributed by atoms with E-state index in [1.54, 1.807) is 10.6 Å². The maximum Gasteiger partial charge on any atom is 0.420 e. The van der Waals surface area contributed by atoms with E-state index < -0.39 is 0 Å². The smallest absolute Gasteiger partial charge is 0.408 e. The highest BCUT2D eigenvalue weighted by molar-refractivity contribution is 5.74. The summed E-state index contributed by atoms with van der Waals surface area (Å²) in [7, 11) is 0. The first kappa shape index (κ1) is 11.6. The molecule has 2 rings (SSSR count). The van der Waals surface area contributed by atoms with Crippen LogP contribution in [0.15, 0.2) is 27.4 Å². The van der Waals surface area contributed by atoms with Crippen LogP contribution in [0.1, 0.15) is 31.9 Å². The van der Waals surface area contributed by atoms with Crippen LogP contribution in [-0.2, 0) is 11.2 Å². The van der Waals surface area contributed by atoms with Crippen LogP contribution in [0.25, 0.3) is 11.1 Å². The highest BCUT2D eigenvalue weighted by atomic mass is 16.4. The first-order chi connectivity index (χ1) is 8.13. The summed E-state index contributed by atoms with van der Waals surface area (Å²) in [5, 5.41) is 0. The van der Waals surface area contributed by atoms with Crippen LogP contribution in [0.2, 0.25) is 0 Å². The van der Waals surface area contributed by atoms with Gasteiger partial charge >= 0.3 is 5.76 Å². The summed E-state index contributed by atoms with van der Waals surface area (Å²) in [6.07, 6.45) is 2.08. The van der Waals surface area contributed by atoms with Crippen molar-refractivity contribution < 1.29 is 9.21 Å². The zero-order chi connectivity index (χ0) is 12.4. The van der Waals surface area contributed by atoms with E-state index in [1.807, 2.05) is 26.0 Å². The van der Waals surface area contributed by atoms with Crippen LogP contribution >= 0.6 is 0 Å². The summed E-state index contributed by atoms with van der Waals surface area (Å²) in [5.74, 6) is -0.331. The van der Waals surface area contributed by atoms with E-state index in [9.17, 15) is 9.59 Å². The molecule has 1 aromatic carbocycles. The third-order valence-electron chi connectivity index (χ3n) is 2.74.